The first-order valence-corrected chi connectivity index (χ1v) is 5.37. The van der Waals surface area contributed by atoms with E-state index in [0.29, 0.717) is 17.7 Å². The Labute approximate surface area is 109 Å². The molecular weight excluding hydrogens is 250 g/mol. The lowest BCUT2D eigenvalue weighted by atomic mass is 10.1. The molecule has 0 unspecified atom stereocenters. The third-order valence-electron chi connectivity index (χ3n) is 2.32. The number of non-ortho nitro benzene ring substituents is 1. The number of hydrogen-bond acceptors (Lipinski definition) is 4. The van der Waals surface area contributed by atoms with Crippen LogP contribution in [0.1, 0.15) is 5.56 Å². The van der Waals surface area contributed by atoms with Gasteiger partial charge in [0.25, 0.3) is 5.69 Å². The lowest BCUT2D eigenvalue weighted by molar-refractivity contribution is -0.384. The maximum atomic E-state index is 10.7. The molecule has 0 fully saturated rings. The lowest BCUT2D eigenvalue weighted by Gasteiger charge is -2.10. The molecule has 0 aliphatic carbocycles. The summed E-state index contributed by atoms with van der Waals surface area (Å²) in [7, 11) is 0. The first-order valence-electron chi connectivity index (χ1n) is 5.37. The molecule has 0 heterocycles. The average Bonchev–Trinajstić information content (AvgIpc) is 2.36. The minimum atomic E-state index is -1.15. The van der Waals surface area contributed by atoms with Crippen LogP contribution >= 0.6 is 0 Å². The van der Waals surface area contributed by atoms with E-state index in [1.165, 1.54) is 18.2 Å². The summed E-state index contributed by atoms with van der Waals surface area (Å²) in [5.74, 6) is -0.764. The minimum Gasteiger partial charge on any atom is -0.488 e. The van der Waals surface area contributed by atoms with Crippen LogP contribution in [-0.2, 0) is 11.2 Å². The third kappa shape index (κ3) is 3.95. The van der Waals surface area contributed by atoms with Gasteiger partial charge >= 0.3 is 5.97 Å². The molecule has 0 atom stereocenters. The van der Waals surface area contributed by atoms with Crippen LogP contribution in [0.4, 0.5) is 5.69 Å². The van der Waals surface area contributed by atoms with Gasteiger partial charge in [0, 0.05) is 17.7 Å². The molecule has 6 heteroatoms. The van der Waals surface area contributed by atoms with Crippen LogP contribution in [-0.4, -0.2) is 22.6 Å². The van der Waals surface area contributed by atoms with Gasteiger partial charge in [0.1, 0.15) is 12.4 Å². The first-order chi connectivity index (χ1) is 8.95. The molecule has 0 aromatic heterocycles. The number of benzene rings is 1. The summed E-state index contributed by atoms with van der Waals surface area (Å²) < 4.78 is 5.30. The van der Waals surface area contributed by atoms with Gasteiger partial charge < -0.3 is 9.84 Å². The van der Waals surface area contributed by atoms with Crippen molar-refractivity contribution in [2.24, 2.45) is 0 Å². The van der Waals surface area contributed by atoms with E-state index in [9.17, 15) is 14.9 Å². The van der Waals surface area contributed by atoms with E-state index in [0.717, 1.165) is 0 Å². The predicted octanol–water partition coefficient (Wildman–Crippen LogP) is 2.34. The third-order valence-corrected chi connectivity index (χ3v) is 2.32. The molecule has 0 spiro atoms. The number of carboxylic acids is 1. The summed E-state index contributed by atoms with van der Waals surface area (Å²) >= 11 is 0. The van der Waals surface area contributed by atoms with Gasteiger partial charge in [-0.15, -0.1) is 6.58 Å². The number of nitro benzene ring substituents is 1. The van der Waals surface area contributed by atoms with Crippen molar-refractivity contribution in [2.45, 2.75) is 6.42 Å². The minimum absolute atomic E-state index is 0.0544. The van der Waals surface area contributed by atoms with Crippen molar-refractivity contribution in [3.63, 3.8) is 0 Å². The zero-order chi connectivity index (χ0) is 14.4. The number of aliphatic carboxylic acids is 1. The first kappa shape index (κ1) is 14.4. The maximum absolute atomic E-state index is 10.7. The quantitative estimate of drug-likeness (QED) is 0.353. The Hall–Kier alpha value is -2.63. The number of nitro groups is 1. The van der Waals surface area contributed by atoms with Crippen LogP contribution in [0.15, 0.2) is 43.0 Å². The number of nitrogens with zero attached hydrogens (tertiary/aromatic N) is 1. The van der Waals surface area contributed by atoms with E-state index in [2.05, 4.69) is 13.2 Å². The molecule has 0 aliphatic heterocycles. The number of hydrogen-bond donors (Lipinski definition) is 1. The standard InChI is InChI=1S/C13H13NO5/c1-3-4-10-7-11(14(17)18)5-6-12(10)19-8-9(2)13(15)16/h3,5-7H,1-2,4,8H2,(H,15,16). The predicted molar refractivity (Wildman–Crippen MR) is 69.3 cm³/mol. The Morgan fingerprint density at radius 2 is 2.21 bits per heavy atom. The van der Waals surface area contributed by atoms with Crippen molar-refractivity contribution in [2.75, 3.05) is 6.61 Å². The van der Waals surface area contributed by atoms with Gasteiger partial charge in [-0.2, -0.15) is 0 Å². The smallest absolute Gasteiger partial charge is 0.334 e. The summed E-state index contributed by atoms with van der Waals surface area (Å²) in [5.41, 5.74) is 0.423. The second-order valence-corrected chi connectivity index (χ2v) is 3.74. The summed E-state index contributed by atoms with van der Waals surface area (Å²) in [5, 5.41) is 19.3. The largest absolute Gasteiger partial charge is 0.488 e. The maximum Gasteiger partial charge on any atom is 0.334 e. The second kappa shape index (κ2) is 6.34. The molecule has 1 rings (SSSR count). The fraction of sp³-hybridized carbons (Fsp3) is 0.154. The van der Waals surface area contributed by atoms with Gasteiger partial charge in [-0.1, -0.05) is 12.7 Å². The zero-order valence-corrected chi connectivity index (χ0v) is 10.2. The Morgan fingerprint density at radius 3 is 2.74 bits per heavy atom. The fourth-order valence-electron chi connectivity index (χ4n) is 1.36. The van der Waals surface area contributed by atoms with Crippen LogP contribution < -0.4 is 4.74 Å². The van der Waals surface area contributed by atoms with Gasteiger partial charge in [0.2, 0.25) is 0 Å². The SMILES string of the molecule is C=CCc1cc([N+](=O)[O-])ccc1OCC(=C)C(=O)O. The van der Waals surface area contributed by atoms with Crippen LogP contribution in [0.3, 0.4) is 0 Å². The molecule has 0 saturated heterocycles. The topological polar surface area (TPSA) is 89.7 Å². The van der Waals surface area contributed by atoms with Gasteiger partial charge in [0.15, 0.2) is 0 Å². The summed E-state index contributed by atoms with van der Waals surface area (Å²) in [4.78, 5) is 20.8. The van der Waals surface area contributed by atoms with E-state index in [1.54, 1.807) is 6.08 Å². The molecule has 6 nitrogen and oxygen atoms in total. The summed E-state index contributed by atoms with van der Waals surface area (Å²) in [6.07, 6.45) is 1.97. The molecule has 0 aliphatic rings. The fourth-order valence-corrected chi connectivity index (χ4v) is 1.36. The number of carbonyl (C=O) groups is 1. The number of ether oxygens (including phenoxy) is 1. The van der Waals surface area contributed by atoms with Crippen LogP contribution in [0, 0.1) is 10.1 Å². The highest BCUT2D eigenvalue weighted by Crippen LogP contribution is 2.25. The highest BCUT2D eigenvalue weighted by Gasteiger charge is 2.12. The van der Waals surface area contributed by atoms with E-state index < -0.39 is 10.9 Å². The van der Waals surface area contributed by atoms with Crippen molar-refractivity contribution in [1.29, 1.82) is 0 Å². The Balaban J connectivity index is 2.93. The molecule has 0 bridgehead atoms. The average molecular weight is 263 g/mol. The molecule has 0 amide bonds. The molecular formula is C13H13NO5. The zero-order valence-electron chi connectivity index (χ0n) is 10.2. The lowest BCUT2D eigenvalue weighted by Crippen LogP contribution is -2.09. The normalized spacial score (nSPS) is 9.68. The summed E-state index contributed by atoms with van der Waals surface area (Å²) in [6.45, 7) is 6.71. The van der Waals surface area contributed by atoms with Crippen LogP contribution in [0.25, 0.3) is 0 Å². The Kier molecular flexibility index (Phi) is 4.82. The van der Waals surface area contributed by atoms with Crippen LogP contribution in [0.2, 0.25) is 0 Å². The van der Waals surface area contributed by atoms with Crippen molar-refractivity contribution >= 4 is 11.7 Å². The van der Waals surface area contributed by atoms with Crippen molar-refractivity contribution < 1.29 is 19.6 Å². The number of allylic oxidation sites excluding steroid dienone is 1. The summed E-state index contributed by atoms with van der Waals surface area (Å²) in [6, 6.07) is 4.11. The highest BCUT2D eigenvalue weighted by atomic mass is 16.6. The number of carboxylic acid groups (broad SMARTS) is 1. The molecule has 1 aromatic rings. The van der Waals surface area contributed by atoms with Gasteiger partial charge in [-0.05, 0) is 12.5 Å². The molecule has 1 aromatic carbocycles. The van der Waals surface area contributed by atoms with Crippen molar-refractivity contribution in [1.82, 2.24) is 0 Å². The van der Waals surface area contributed by atoms with Crippen molar-refractivity contribution in [3.8, 4) is 5.75 Å². The van der Waals surface area contributed by atoms with Gasteiger partial charge in [0.05, 0.1) is 10.5 Å². The Morgan fingerprint density at radius 1 is 1.53 bits per heavy atom. The van der Waals surface area contributed by atoms with E-state index in [-0.39, 0.29) is 17.9 Å². The molecule has 1 N–H and O–H groups in total. The van der Waals surface area contributed by atoms with E-state index in [1.807, 2.05) is 0 Å². The van der Waals surface area contributed by atoms with E-state index >= 15 is 0 Å². The molecule has 19 heavy (non-hydrogen) atoms. The van der Waals surface area contributed by atoms with Crippen LogP contribution in [0.5, 0.6) is 5.75 Å². The highest BCUT2D eigenvalue weighted by molar-refractivity contribution is 5.86. The van der Waals surface area contributed by atoms with Gasteiger partial charge in [-0.25, -0.2) is 4.79 Å². The number of rotatable bonds is 7. The monoisotopic (exact) mass is 263 g/mol. The Bertz CT molecular complexity index is 536. The molecule has 0 radical (unpaired) electrons. The molecule has 100 valence electrons. The molecule has 0 saturated carbocycles. The van der Waals surface area contributed by atoms with Crippen molar-refractivity contribution in [3.05, 3.63) is 58.7 Å². The van der Waals surface area contributed by atoms with E-state index in [4.69, 9.17) is 9.84 Å². The second-order valence-electron chi connectivity index (χ2n) is 3.74. The van der Waals surface area contributed by atoms with Gasteiger partial charge in [-0.3, -0.25) is 10.1 Å².